The molecule has 0 atom stereocenters. The monoisotopic (exact) mass is 385 g/mol. The van der Waals surface area contributed by atoms with Crippen LogP contribution in [0.1, 0.15) is 21.6 Å². The van der Waals surface area contributed by atoms with Crippen LogP contribution in [-0.4, -0.2) is 36.7 Å². The molecule has 1 aliphatic heterocycles. The number of aryl methyl sites for hydroxylation is 1. The summed E-state index contributed by atoms with van der Waals surface area (Å²) in [6, 6.07) is 17.5. The van der Waals surface area contributed by atoms with Crippen molar-refractivity contribution < 1.29 is 4.79 Å². The van der Waals surface area contributed by atoms with Gasteiger partial charge in [-0.3, -0.25) is 9.59 Å². The second-order valence-corrected chi connectivity index (χ2v) is 7.20. The van der Waals surface area contributed by atoms with Crippen LogP contribution in [0.4, 0.5) is 0 Å². The van der Waals surface area contributed by atoms with Crippen LogP contribution in [0.25, 0.3) is 16.7 Å². The van der Waals surface area contributed by atoms with Gasteiger partial charge < -0.3 is 9.47 Å². The molecule has 0 saturated carbocycles. The molecule has 144 valence electrons. The lowest BCUT2D eigenvalue weighted by molar-refractivity contribution is 0.0730. The molecule has 0 radical (unpaired) electrons. The molecule has 7 heteroatoms. The highest BCUT2D eigenvalue weighted by Crippen LogP contribution is 2.23. The van der Waals surface area contributed by atoms with E-state index in [1.54, 1.807) is 11.9 Å². The largest absolute Gasteiger partial charge is 0.333 e. The van der Waals surface area contributed by atoms with Gasteiger partial charge in [0.15, 0.2) is 11.2 Å². The lowest BCUT2D eigenvalue weighted by Gasteiger charge is -2.28. The zero-order valence-electron chi connectivity index (χ0n) is 15.9. The van der Waals surface area contributed by atoms with Crippen molar-refractivity contribution in [3.63, 3.8) is 0 Å². The summed E-state index contributed by atoms with van der Waals surface area (Å²) in [6.45, 7) is 1.14. The average Bonchev–Trinajstić information content (AvgIpc) is 3.16. The topological polar surface area (TPSA) is 73.0 Å². The number of carbonyl (C=O) groups is 1. The first-order valence-corrected chi connectivity index (χ1v) is 9.49. The normalized spacial score (nSPS) is 13.5. The van der Waals surface area contributed by atoms with E-state index in [0.717, 1.165) is 12.0 Å². The summed E-state index contributed by atoms with van der Waals surface area (Å²) in [5, 5.41) is 4.54. The summed E-state index contributed by atoms with van der Waals surface area (Å²) < 4.78 is 2.92. The first-order chi connectivity index (χ1) is 14.1. The van der Waals surface area contributed by atoms with Gasteiger partial charge >= 0.3 is 0 Å². The first-order valence-electron chi connectivity index (χ1n) is 9.49. The van der Waals surface area contributed by atoms with E-state index in [-0.39, 0.29) is 17.2 Å². The average molecular weight is 385 g/mol. The van der Waals surface area contributed by atoms with Crippen molar-refractivity contribution in [2.45, 2.75) is 13.0 Å². The maximum absolute atomic E-state index is 13.4. The summed E-state index contributed by atoms with van der Waals surface area (Å²) in [6.07, 6.45) is 2.23. The Kier molecular flexibility index (Phi) is 4.01. The number of hydrogen-bond donors (Lipinski definition) is 0. The predicted octanol–water partition coefficient (Wildman–Crippen LogP) is 2.32. The molecule has 5 rings (SSSR count). The van der Waals surface area contributed by atoms with Gasteiger partial charge in [-0.05, 0) is 29.7 Å². The maximum atomic E-state index is 13.4. The predicted molar refractivity (Wildman–Crippen MR) is 109 cm³/mol. The highest BCUT2D eigenvalue weighted by molar-refractivity contribution is 6.03. The van der Waals surface area contributed by atoms with Crippen molar-refractivity contribution in [1.82, 2.24) is 24.2 Å². The van der Waals surface area contributed by atoms with Crippen LogP contribution in [0.5, 0.6) is 0 Å². The van der Waals surface area contributed by atoms with E-state index >= 15 is 0 Å². The lowest BCUT2D eigenvalue weighted by atomic mass is 10.00. The smallest absolute Gasteiger partial charge is 0.279 e. The van der Waals surface area contributed by atoms with E-state index in [0.29, 0.717) is 29.8 Å². The van der Waals surface area contributed by atoms with Gasteiger partial charge in [0.2, 0.25) is 0 Å². The summed E-state index contributed by atoms with van der Waals surface area (Å²) >= 11 is 0. The van der Waals surface area contributed by atoms with Gasteiger partial charge in [0.25, 0.3) is 11.5 Å². The minimum absolute atomic E-state index is 0.208. The van der Waals surface area contributed by atoms with Crippen molar-refractivity contribution >= 4 is 16.9 Å². The van der Waals surface area contributed by atoms with Gasteiger partial charge in [0.05, 0.1) is 12.0 Å². The van der Waals surface area contributed by atoms with Crippen molar-refractivity contribution in [1.29, 1.82) is 0 Å². The molecule has 0 spiro atoms. The molecule has 0 unspecified atom stereocenters. The molecule has 0 aliphatic carbocycles. The van der Waals surface area contributed by atoms with Crippen molar-refractivity contribution in [3.05, 3.63) is 88.1 Å². The fraction of sp³-hybridized carbons (Fsp3) is 0.182. The Balaban J connectivity index is 1.64. The fourth-order valence-corrected chi connectivity index (χ4v) is 3.81. The Morgan fingerprint density at radius 1 is 1.00 bits per heavy atom. The quantitative estimate of drug-likeness (QED) is 0.531. The van der Waals surface area contributed by atoms with Crippen LogP contribution in [0.2, 0.25) is 0 Å². The van der Waals surface area contributed by atoms with Crippen LogP contribution in [-0.2, 0) is 20.0 Å². The third-order valence-corrected chi connectivity index (χ3v) is 5.36. The third kappa shape index (κ3) is 2.82. The molecule has 1 amide bonds. The van der Waals surface area contributed by atoms with Crippen LogP contribution >= 0.6 is 0 Å². The van der Waals surface area contributed by atoms with E-state index in [2.05, 4.69) is 16.1 Å². The highest BCUT2D eigenvalue weighted by Gasteiger charge is 2.28. The molecule has 3 heterocycles. The molecule has 0 bridgehead atoms. The van der Waals surface area contributed by atoms with E-state index in [4.69, 9.17) is 0 Å². The number of benzene rings is 2. The number of hydrogen-bond acceptors (Lipinski definition) is 4. The highest BCUT2D eigenvalue weighted by atomic mass is 16.2. The number of aromatic nitrogens is 4. The molecule has 29 heavy (non-hydrogen) atoms. The van der Waals surface area contributed by atoms with E-state index in [1.165, 1.54) is 21.1 Å². The minimum Gasteiger partial charge on any atom is -0.333 e. The van der Waals surface area contributed by atoms with Crippen LogP contribution < -0.4 is 5.56 Å². The van der Waals surface area contributed by atoms with Gasteiger partial charge in [0.1, 0.15) is 5.52 Å². The van der Waals surface area contributed by atoms with Gasteiger partial charge in [-0.1, -0.05) is 42.5 Å². The van der Waals surface area contributed by atoms with Crippen LogP contribution in [0.3, 0.4) is 0 Å². The van der Waals surface area contributed by atoms with Gasteiger partial charge in [0, 0.05) is 20.1 Å². The third-order valence-electron chi connectivity index (χ3n) is 5.36. The number of amides is 1. The molecule has 1 aliphatic rings. The Labute approximate surface area is 166 Å². The summed E-state index contributed by atoms with van der Waals surface area (Å²) in [7, 11) is 1.64. The molecule has 0 saturated heterocycles. The molecular formula is C22H19N5O2. The molecule has 0 fully saturated rings. The lowest BCUT2D eigenvalue weighted by Crippen LogP contribution is -2.36. The second-order valence-electron chi connectivity index (χ2n) is 7.20. The van der Waals surface area contributed by atoms with E-state index in [1.807, 2.05) is 48.5 Å². The molecule has 2 aromatic carbocycles. The van der Waals surface area contributed by atoms with Crippen molar-refractivity contribution in [2.75, 3.05) is 6.54 Å². The molecule has 0 N–H and O–H groups in total. The van der Waals surface area contributed by atoms with Crippen molar-refractivity contribution in [3.8, 4) is 5.69 Å². The first kappa shape index (κ1) is 17.4. The van der Waals surface area contributed by atoms with Crippen LogP contribution in [0, 0.1) is 0 Å². The molecule has 4 aromatic rings. The summed E-state index contributed by atoms with van der Waals surface area (Å²) in [5.41, 5.74) is 3.73. The van der Waals surface area contributed by atoms with Crippen LogP contribution in [0.15, 0.2) is 65.7 Å². The second kappa shape index (κ2) is 6.70. The number of carbonyl (C=O) groups excluding carboxylic acids is 1. The molecule has 7 nitrogen and oxygen atoms in total. The number of nitrogens with zero attached hydrogens (tertiary/aromatic N) is 5. The Morgan fingerprint density at radius 3 is 2.52 bits per heavy atom. The Morgan fingerprint density at radius 2 is 1.72 bits per heavy atom. The number of fused-ring (bicyclic) bond motifs is 2. The maximum Gasteiger partial charge on any atom is 0.279 e. The minimum atomic E-state index is -0.241. The standard InChI is InChI=1S/C22H19N5O2/c1-25-14-23-18-19(21(28)26-12-11-15-7-5-6-8-16(15)13-26)24-27(20(18)22(25)29)17-9-3-2-4-10-17/h2-10,14H,11-13H2,1H3. The SMILES string of the molecule is Cn1cnc2c(C(=O)N3CCc4ccccc4C3)nn(-c3ccccc3)c2c1=O. The Hall–Kier alpha value is -3.74. The number of para-hydroxylation sites is 1. The van der Waals surface area contributed by atoms with E-state index < -0.39 is 0 Å². The molecule has 2 aromatic heterocycles. The van der Waals surface area contributed by atoms with Gasteiger partial charge in [-0.2, -0.15) is 5.10 Å². The summed E-state index contributed by atoms with van der Waals surface area (Å²) in [5.74, 6) is -0.208. The van der Waals surface area contributed by atoms with Crippen molar-refractivity contribution in [2.24, 2.45) is 7.05 Å². The summed E-state index contributed by atoms with van der Waals surface area (Å²) in [4.78, 5) is 32.4. The zero-order chi connectivity index (χ0) is 20.0. The number of rotatable bonds is 2. The fourth-order valence-electron chi connectivity index (χ4n) is 3.81. The van der Waals surface area contributed by atoms with E-state index in [9.17, 15) is 9.59 Å². The van der Waals surface area contributed by atoms with Gasteiger partial charge in [-0.25, -0.2) is 9.67 Å². The zero-order valence-corrected chi connectivity index (χ0v) is 15.9. The Bertz CT molecular complexity index is 1290. The molecular weight excluding hydrogens is 366 g/mol. The van der Waals surface area contributed by atoms with Gasteiger partial charge in [-0.15, -0.1) is 0 Å².